The number of carbonyl (C=O) groups is 1. The van der Waals surface area contributed by atoms with E-state index in [-0.39, 0.29) is 11.5 Å². The number of hydrogen-bond acceptors (Lipinski definition) is 3. The summed E-state index contributed by atoms with van der Waals surface area (Å²) >= 11 is 0. The summed E-state index contributed by atoms with van der Waals surface area (Å²) in [6.45, 7) is 0. The van der Waals surface area contributed by atoms with Crippen molar-refractivity contribution in [3.63, 3.8) is 0 Å². The lowest BCUT2D eigenvalue weighted by atomic mass is 9.99. The summed E-state index contributed by atoms with van der Waals surface area (Å²) in [6, 6.07) is 13.5. The summed E-state index contributed by atoms with van der Waals surface area (Å²) in [5.74, 6) is -0.635. The minimum absolute atomic E-state index is 0.216. The SMILES string of the molecule is COC(=O)CCCc1ccc(C(O)c2ccccc2F)cc1. The van der Waals surface area contributed by atoms with Crippen LogP contribution in [0.5, 0.6) is 0 Å². The topological polar surface area (TPSA) is 46.5 Å². The zero-order valence-electron chi connectivity index (χ0n) is 12.5. The van der Waals surface area contributed by atoms with E-state index in [1.807, 2.05) is 12.1 Å². The molecule has 0 amide bonds. The monoisotopic (exact) mass is 302 g/mol. The first-order valence-corrected chi connectivity index (χ1v) is 7.20. The molecule has 0 saturated heterocycles. The van der Waals surface area contributed by atoms with Gasteiger partial charge in [0.05, 0.1) is 7.11 Å². The molecule has 4 heteroatoms. The molecule has 22 heavy (non-hydrogen) atoms. The molecule has 0 radical (unpaired) electrons. The second-order valence-electron chi connectivity index (χ2n) is 5.10. The van der Waals surface area contributed by atoms with E-state index in [0.717, 1.165) is 12.0 Å². The quantitative estimate of drug-likeness (QED) is 0.832. The lowest BCUT2D eigenvalue weighted by Crippen LogP contribution is -2.03. The highest BCUT2D eigenvalue weighted by Crippen LogP contribution is 2.24. The van der Waals surface area contributed by atoms with Crippen LogP contribution in [0.3, 0.4) is 0 Å². The maximum atomic E-state index is 13.7. The molecule has 1 unspecified atom stereocenters. The molecule has 0 aliphatic rings. The molecule has 0 aliphatic carbocycles. The Morgan fingerprint density at radius 2 is 1.86 bits per heavy atom. The first-order chi connectivity index (χ1) is 10.6. The van der Waals surface area contributed by atoms with E-state index in [2.05, 4.69) is 4.74 Å². The Bertz CT molecular complexity index is 622. The van der Waals surface area contributed by atoms with E-state index in [4.69, 9.17) is 0 Å². The van der Waals surface area contributed by atoms with Gasteiger partial charge in [0.2, 0.25) is 0 Å². The van der Waals surface area contributed by atoms with Crippen LogP contribution in [0.2, 0.25) is 0 Å². The van der Waals surface area contributed by atoms with Gasteiger partial charge in [0.25, 0.3) is 0 Å². The third kappa shape index (κ3) is 4.15. The Balaban J connectivity index is 1.99. The molecule has 0 heterocycles. The molecule has 0 saturated carbocycles. The summed E-state index contributed by atoms with van der Waals surface area (Å²) in [5, 5.41) is 10.2. The number of halogens is 1. The van der Waals surface area contributed by atoms with Crippen LogP contribution in [0.1, 0.15) is 35.6 Å². The first kappa shape index (κ1) is 16.2. The number of esters is 1. The molecule has 2 aromatic rings. The van der Waals surface area contributed by atoms with Crippen molar-refractivity contribution in [2.24, 2.45) is 0 Å². The fourth-order valence-electron chi connectivity index (χ4n) is 2.28. The second kappa shape index (κ2) is 7.71. The molecule has 0 bridgehead atoms. The van der Waals surface area contributed by atoms with Crippen molar-refractivity contribution in [3.8, 4) is 0 Å². The summed E-state index contributed by atoms with van der Waals surface area (Å²) < 4.78 is 18.3. The molecular formula is C18H19FO3. The van der Waals surface area contributed by atoms with Gasteiger partial charge in [-0.25, -0.2) is 4.39 Å². The van der Waals surface area contributed by atoms with Gasteiger partial charge in [-0.2, -0.15) is 0 Å². The summed E-state index contributed by atoms with van der Waals surface area (Å²) in [7, 11) is 1.38. The molecule has 1 N–H and O–H groups in total. The van der Waals surface area contributed by atoms with Crippen LogP contribution in [0.25, 0.3) is 0 Å². The number of aliphatic hydroxyl groups excluding tert-OH is 1. The number of hydrogen-bond donors (Lipinski definition) is 1. The van der Waals surface area contributed by atoms with Gasteiger partial charge in [-0.1, -0.05) is 42.5 Å². The van der Waals surface area contributed by atoms with E-state index >= 15 is 0 Å². The van der Waals surface area contributed by atoms with Crippen LogP contribution in [0.15, 0.2) is 48.5 Å². The number of carbonyl (C=O) groups excluding carboxylic acids is 1. The van der Waals surface area contributed by atoms with Crippen LogP contribution in [0.4, 0.5) is 4.39 Å². The third-order valence-corrected chi connectivity index (χ3v) is 3.57. The number of ether oxygens (including phenoxy) is 1. The molecule has 0 aliphatic heterocycles. The van der Waals surface area contributed by atoms with Crippen molar-refractivity contribution in [1.82, 2.24) is 0 Å². The standard InChI is InChI=1S/C18H19FO3/c1-22-17(20)8-4-5-13-9-11-14(12-10-13)18(21)15-6-2-3-7-16(15)19/h2-3,6-7,9-12,18,21H,4-5,8H2,1H3. The van der Waals surface area contributed by atoms with Gasteiger partial charge >= 0.3 is 5.97 Å². The van der Waals surface area contributed by atoms with Gasteiger partial charge in [0.15, 0.2) is 0 Å². The Labute approximate surface area is 129 Å². The minimum Gasteiger partial charge on any atom is -0.469 e. The number of aliphatic hydroxyl groups is 1. The van der Waals surface area contributed by atoms with E-state index in [1.54, 1.807) is 30.3 Å². The Hall–Kier alpha value is -2.20. The van der Waals surface area contributed by atoms with Gasteiger partial charge in [0.1, 0.15) is 11.9 Å². The molecular weight excluding hydrogens is 283 g/mol. The molecule has 0 spiro atoms. The number of rotatable bonds is 6. The van der Waals surface area contributed by atoms with Gasteiger partial charge in [-0.05, 0) is 30.0 Å². The summed E-state index contributed by atoms with van der Waals surface area (Å²) in [4.78, 5) is 11.0. The van der Waals surface area contributed by atoms with Crippen LogP contribution >= 0.6 is 0 Å². The third-order valence-electron chi connectivity index (χ3n) is 3.57. The Morgan fingerprint density at radius 1 is 1.18 bits per heavy atom. The van der Waals surface area contributed by atoms with Crippen LogP contribution < -0.4 is 0 Å². The van der Waals surface area contributed by atoms with Crippen molar-refractivity contribution in [3.05, 3.63) is 71.0 Å². The zero-order valence-corrected chi connectivity index (χ0v) is 12.5. The van der Waals surface area contributed by atoms with Crippen LogP contribution in [0, 0.1) is 5.82 Å². The first-order valence-electron chi connectivity index (χ1n) is 7.20. The zero-order chi connectivity index (χ0) is 15.9. The fourth-order valence-corrected chi connectivity index (χ4v) is 2.28. The smallest absolute Gasteiger partial charge is 0.305 e. The van der Waals surface area contributed by atoms with Crippen LogP contribution in [-0.4, -0.2) is 18.2 Å². The normalized spacial score (nSPS) is 12.0. The van der Waals surface area contributed by atoms with Gasteiger partial charge in [-0.15, -0.1) is 0 Å². The number of methoxy groups -OCH3 is 1. The predicted molar refractivity (Wildman–Crippen MR) is 81.9 cm³/mol. The largest absolute Gasteiger partial charge is 0.469 e. The average molecular weight is 302 g/mol. The van der Waals surface area contributed by atoms with Crippen molar-refractivity contribution in [2.45, 2.75) is 25.4 Å². The summed E-state index contributed by atoms with van der Waals surface area (Å²) in [6.07, 6.45) is 0.869. The van der Waals surface area contributed by atoms with Gasteiger partial charge in [-0.3, -0.25) is 4.79 Å². The molecule has 0 aromatic heterocycles. The van der Waals surface area contributed by atoms with E-state index in [0.29, 0.717) is 18.4 Å². The Morgan fingerprint density at radius 3 is 2.50 bits per heavy atom. The maximum absolute atomic E-state index is 13.7. The predicted octanol–water partition coefficient (Wildman–Crippen LogP) is 3.40. The van der Waals surface area contributed by atoms with Crippen molar-refractivity contribution in [2.75, 3.05) is 7.11 Å². The van der Waals surface area contributed by atoms with Crippen molar-refractivity contribution in [1.29, 1.82) is 0 Å². The Kier molecular flexibility index (Phi) is 5.67. The fraction of sp³-hybridized carbons (Fsp3) is 0.278. The highest BCUT2D eigenvalue weighted by molar-refractivity contribution is 5.69. The lowest BCUT2D eigenvalue weighted by molar-refractivity contribution is -0.140. The maximum Gasteiger partial charge on any atom is 0.305 e. The lowest BCUT2D eigenvalue weighted by Gasteiger charge is -2.13. The van der Waals surface area contributed by atoms with E-state index in [1.165, 1.54) is 13.2 Å². The second-order valence-corrected chi connectivity index (χ2v) is 5.10. The molecule has 0 fully saturated rings. The van der Waals surface area contributed by atoms with E-state index in [9.17, 15) is 14.3 Å². The molecule has 1 atom stereocenters. The molecule has 2 rings (SSSR count). The molecule has 2 aromatic carbocycles. The molecule has 116 valence electrons. The van der Waals surface area contributed by atoms with E-state index < -0.39 is 11.9 Å². The van der Waals surface area contributed by atoms with Gasteiger partial charge in [0, 0.05) is 12.0 Å². The van der Waals surface area contributed by atoms with Crippen molar-refractivity contribution >= 4 is 5.97 Å². The van der Waals surface area contributed by atoms with Crippen molar-refractivity contribution < 1.29 is 19.0 Å². The number of benzene rings is 2. The highest BCUT2D eigenvalue weighted by atomic mass is 19.1. The van der Waals surface area contributed by atoms with Gasteiger partial charge < -0.3 is 9.84 Å². The number of aryl methyl sites for hydroxylation is 1. The minimum atomic E-state index is -0.981. The molecule has 3 nitrogen and oxygen atoms in total. The highest BCUT2D eigenvalue weighted by Gasteiger charge is 2.14. The summed E-state index contributed by atoms with van der Waals surface area (Å²) in [5.41, 5.74) is 1.97. The average Bonchev–Trinajstić information content (AvgIpc) is 2.55. The van der Waals surface area contributed by atoms with Crippen LogP contribution in [-0.2, 0) is 16.0 Å².